The lowest BCUT2D eigenvalue weighted by atomic mass is 10.2. The largest absolute Gasteiger partial charge is 0.506 e. The maximum absolute atomic E-state index is 11.8. The second-order valence-corrected chi connectivity index (χ2v) is 5.46. The highest BCUT2D eigenvalue weighted by molar-refractivity contribution is 6.44. The highest BCUT2D eigenvalue weighted by Crippen LogP contribution is 2.24. The van der Waals surface area contributed by atoms with Crippen molar-refractivity contribution in [1.29, 1.82) is 0 Å². The van der Waals surface area contributed by atoms with Gasteiger partial charge in [0, 0.05) is 15.7 Å². The SMILES string of the molecule is Cc1ccc(O)c(NC(=O)C(=O)Nc2cc(Cl)cc(Cl)c2)c1. The molecule has 0 heterocycles. The monoisotopic (exact) mass is 338 g/mol. The summed E-state index contributed by atoms with van der Waals surface area (Å²) in [6.45, 7) is 1.79. The molecular weight excluding hydrogens is 327 g/mol. The van der Waals surface area contributed by atoms with Crippen LogP contribution in [0.15, 0.2) is 36.4 Å². The fourth-order valence-electron chi connectivity index (χ4n) is 1.74. The molecule has 0 aliphatic rings. The summed E-state index contributed by atoms with van der Waals surface area (Å²) in [6.07, 6.45) is 0. The molecule has 7 heteroatoms. The first-order valence-electron chi connectivity index (χ1n) is 6.23. The summed E-state index contributed by atoms with van der Waals surface area (Å²) in [5.41, 5.74) is 1.28. The summed E-state index contributed by atoms with van der Waals surface area (Å²) < 4.78 is 0. The molecule has 0 saturated heterocycles. The minimum Gasteiger partial charge on any atom is -0.506 e. The van der Waals surface area contributed by atoms with Crippen LogP contribution in [-0.2, 0) is 9.59 Å². The van der Waals surface area contributed by atoms with Gasteiger partial charge in [0.25, 0.3) is 0 Å². The van der Waals surface area contributed by atoms with E-state index < -0.39 is 11.8 Å². The summed E-state index contributed by atoms with van der Waals surface area (Å²) in [6, 6.07) is 9.09. The summed E-state index contributed by atoms with van der Waals surface area (Å²) in [5.74, 6) is -1.95. The van der Waals surface area contributed by atoms with Gasteiger partial charge in [-0.2, -0.15) is 0 Å². The quantitative estimate of drug-likeness (QED) is 0.578. The van der Waals surface area contributed by atoms with Crippen LogP contribution in [0.3, 0.4) is 0 Å². The summed E-state index contributed by atoms with van der Waals surface area (Å²) in [7, 11) is 0. The van der Waals surface area contributed by atoms with Crippen LogP contribution in [0.25, 0.3) is 0 Å². The van der Waals surface area contributed by atoms with Crippen molar-refractivity contribution in [3.8, 4) is 5.75 Å². The smallest absolute Gasteiger partial charge is 0.314 e. The summed E-state index contributed by atoms with van der Waals surface area (Å²) >= 11 is 11.6. The van der Waals surface area contributed by atoms with E-state index in [1.54, 1.807) is 19.1 Å². The number of anilines is 2. The Morgan fingerprint density at radius 2 is 1.55 bits per heavy atom. The Kier molecular flexibility index (Phi) is 4.90. The van der Waals surface area contributed by atoms with E-state index in [2.05, 4.69) is 10.6 Å². The Morgan fingerprint density at radius 3 is 2.18 bits per heavy atom. The first-order valence-corrected chi connectivity index (χ1v) is 6.99. The van der Waals surface area contributed by atoms with Gasteiger partial charge in [0.15, 0.2) is 0 Å². The van der Waals surface area contributed by atoms with Crippen LogP contribution in [0.4, 0.5) is 11.4 Å². The van der Waals surface area contributed by atoms with Gasteiger partial charge in [-0.25, -0.2) is 0 Å². The van der Waals surface area contributed by atoms with Crippen LogP contribution in [0.5, 0.6) is 5.75 Å². The number of benzene rings is 2. The highest BCUT2D eigenvalue weighted by atomic mass is 35.5. The molecule has 3 N–H and O–H groups in total. The number of hydrogen-bond donors (Lipinski definition) is 3. The summed E-state index contributed by atoms with van der Waals surface area (Å²) in [5, 5.41) is 15.0. The van der Waals surface area contributed by atoms with Crippen molar-refractivity contribution in [3.05, 3.63) is 52.0 Å². The number of amides is 2. The second-order valence-electron chi connectivity index (χ2n) is 4.59. The van der Waals surface area contributed by atoms with Crippen molar-refractivity contribution in [3.63, 3.8) is 0 Å². The molecule has 0 bridgehead atoms. The van der Waals surface area contributed by atoms with E-state index in [-0.39, 0.29) is 11.4 Å². The van der Waals surface area contributed by atoms with Crippen LogP contribution in [0, 0.1) is 6.92 Å². The van der Waals surface area contributed by atoms with Crippen LogP contribution in [-0.4, -0.2) is 16.9 Å². The van der Waals surface area contributed by atoms with Crippen molar-refractivity contribution in [2.24, 2.45) is 0 Å². The zero-order valence-corrected chi connectivity index (χ0v) is 13.0. The highest BCUT2D eigenvalue weighted by Gasteiger charge is 2.16. The minimum atomic E-state index is -0.919. The van der Waals surface area contributed by atoms with Gasteiger partial charge in [-0.05, 0) is 42.8 Å². The fraction of sp³-hybridized carbons (Fsp3) is 0.0667. The van der Waals surface area contributed by atoms with Crippen molar-refractivity contribution in [2.75, 3.05) is 10.6 Å². The van der Waals surface area contributed by atoms with Crippen LogP contribution in [0.1, 0.15) is 5.56 Å². The van der Waals surface area contributed by atoms with Crippen LogP contribution < -0.4 is 10.6 Å². The topological polar surface area (TPSA) is 78.4 Å². The van der Waals surface area contributed by atoms with E-state index in [4.69, 9.17) is 23.2 Å². The normalized spacial score (nSPS) is 10.1. The minimum absolute atomic E-state index is 0.127. The van der Waals surface area contributed by atoms with E-state index in [1.165, 1.54) is 24.3 Å². The Hall–Kier alpha value is -2.24. The number of nitrogens with one attached hydrogen (secondary N) is 2. The lowest BCUT2D eigenvalue weighted by molar-refractivity contribution is -0.133. The number of aryl methyl sites for hydroxylation is 1. The van der Waals surface area contributed by atoms with E-state index in [1.807, 2.05) is 0 Å². The number of rotatable bonds is 2. The fourth-order valence-corrected chi connectivity index (χ4v) is 2.27. The van der Waals surface area contributed by atoms with Gasteiger partial charge in [-0.1, -0.05) is 29.3 Å². The van der Waals surface area contributed by atoms with E-state index in [0.29, 0.717) is 15.7 Å². The Labute approximate surface area is 136 Å². The molecule has 0 atom stereocenters. The zero-order valence-electron chi connectivity index (χ0n) is 11.5. The molecule has 5 nitrogen and oxygen atoms in total. The molecule has 0 aliphatic heterocycles. The Balaban J connectivity index is 2.09. The number of phenols is 1. The molecule has 0 fully saturated rings. The predicted octanol–water partition coefficient (Wildman–Crippen LogP) is 3.58. The first-order chi connectivity index (χ1) is 10.3. The molecule has 2 aromatic rings. The number of hydrogen-bond acceptors (Lipinski definition) is 3. The number of carbonyl (C=O) groups excluding carboxylic acids is 2. The molecule has 0 spiro atoms. The van der Waals surface area contributed by atoms with Gasteiger partial charge >= 0.3 is 11.8 Å². The van der Waals surface area contributed by atoms with Crippen LogP contribution in [0.2, 0.25) is 10.0 Å². The van der Waals surface area contributed by atoms with Gasteiger partial charge in [-0.15, -0.1) is 0 Å². The molecule has 2 rings (SSSR count). The van der Waals surface area contributed by atoms with Crippen molar-refractivity contribution in [2.45, 2.75) is 6.92 Å². The predicted molar refractivity (Wildman–Crippen MR) is 86.6 cm³/mol. The van der Waals surface area contributed by atoms with E-state index in [0.717, 1.165) is 5.56 Å². The Bertz CT molecular complexity index is 727. The molecule has 0 saturated carbocycles. The molecule has 0 aromatic heterocycles. The molecule has 0 radical (unpaired) electrons. The first kappa shape index (κ1) is 16.1. The number of aromatic hydroxyl groups is 1. The molecule has 2 aromatic carbocycles. The molecule has 0 aliphatic carbocycles. The van der Waals surface area contributed by atoms with Gasteiger partial charge in [0.2, 0.25) is 0 Å². The van der Waals surface area contributed by atoms with Gasteiger partial charge in [-0.3, -0.25) is 9.59 Å². The van der Waals surface area contributed by atoms with E-state index in [9.17, 15) is 14.7 Å². The third kappa shape index (κ3) is 4.13. The Morgan fingerprint density at radius 1 is 0.955 bits per heavy atom. The standard InChI is InChI=1S/C15H12Cl2N2O3/c1-8-2-3-13(20)12(4-8)19-15(22)14(21)18-11-6-9(16)5-10(17)7-11/h2-7,20H,1H3,(H,18,21)(H,19,22). The third-order valence-corrected chi connectivity index (χ3v) is 3.16. The van der Waals surface area contributed by atoms with Crippen molar-refractivity contribution >= 4 is 46.4 Å². The van der Waals surface area contributed by atoms with Gasteiger partial charge in [0.05, 0.1) is 5.69 Å². The lowest BCUT2D eigenvalue weighted by Gasteiger charge is -2.09. The van der Waals surface area contributed by atoms with Crippen molar-refractivity contribution < 1.29 is 14.7 Å². The molecular formula is C15H12Cl2N2O3. The van der Waals surface area contributed by atoms with Gasteiger partial charge < -0.3 is 15.7 Å². The zero-order chi connectivity index (χ0) is 16.3. The third-order valence-electron chi connectivity index (χ3n) is 2.73. The maximum Gasteiger partial charge on any atom is 0.314 e. The average molecular weight is 339 g/mol. The number of halogens is 2. The molecule has 0 unspecified atom stereocenters. The van der Waals surface area contributed by atoms with Crippen molar-refractivity contribution in [1.82, 2.24) is 0 Å². The molecule has 114 valence electrons. The molecule has 22 heavy (non-hydrogen) atoms. The average Bonchev–Trinajstić information content (AvgIpc) is 2.41. The second kappa shape index (κ2) is 6.68. The number of carbonyl (C=O) groups is 2. The number of phenolic OH excluding ortho intramolecular Hbond substituents is 1. The van der Waals surface area contributed by atoms with E-state index >= 15 is 0 Å². The molecule has 2 amide bonds. The van der Waals surface area contributed by atoms with Crippen LogP contribution >= 0.6 is 23.2 Å². The lowest BCUT2D eigenvalue weighted by Crippen LogP contribution is -2.29. The summed E-state index contributed by atoms with van der Waals surface area (Å²) in [4.78, 5) is 23.7. The maximum atomic E-state index is 11.8. The van der Waals surface area contributed by atoms with Gasteiger partial charge in [0.1, 0.15) is 5.75 Å².